The van der Waals surface area contributed by atoms with Gasteiger partial charge in [-0.15, -0.1) is 0 Å². The molecule has 3 aliphatic rings. The van der Waals surface area contributed by atoms with Crippen molar-refractivity contribution in [2.24, 2.45) is 0 Å². The number of anilines is 1. The molecule has 2 fully saturated rings. The molecule has 0 radical (unpaired) electrons. The number of rotatable bonds is 3. The van der Waals surface area contributed by atoms with Gasteiger partial charge in [0.1, 0.15) is 5.52 Å². The molecule has 1 saturated heterocycles. The van der Waals surface area contributed by atoms with E-state index < -0.39 is 0 Å². The average Bonchev–Trinajstić information content (AvgIpc) is 3.54. The van der Waals surface area contributed by atoms with Gasteiger partial charge in [-0.25, -0.2) is 9.50 Å². The summed E-state index contributed by atoms with van der Waals surface area (Å²) < 4.78 is 2.02. The van der Waals surface area contributed by atoms with Gasteiger partial charge >= 0.3 is 0 Å². The van der Waals surface area contributed by atoms with Gasteiger partial charge in [-0.1, -0.05) is 30.3 Å². The van der Waals surface area contributed by atoms with Crippen molar-refractivity contribution in [1.29, 1.82) is 0 Å². The summed E-state index contributed by atoms with van der Waals surface area (Å²) in [5, 5.41) is 4.81. The summed E-state index contributed by atoms with van der Waals surface area (Å²) in [7, 11) is 0. The van der Waals surface area contributed by atoms with Crippen molar-refractivity contribution in [3.05, 3.63) is 59.5 Å². The van der Waals surface area contributed by atoms with E-state index in [1.165, 1.54) is 35.2 Å². The van der Waals surface area contributed by atoms with E-state index in [-0.39, 0.29) is 5.41 Å². The maximum atomic E-state index is 13.4. The number of nitrogens with zero attached hydrogens (tertiary/aromatic N) is 5. The van der Waals surface area contributed by atoms with E-state index in [1.807, 2.05) is 35.1 Å². The van der Waals surface area contributed by atoms with Crippen LogP contribution in [0.3, 0.4) is 0 Å². The van der Waals surface area contributed by atoms with E-state index >= 15 is 0 Å². The monoisotopic (exact) mass is 401 g/mol. The predicted octanol–water partition coefficient (Wildman–Crippen LogP) is 2.99. The first kappa shape index (κ1) is 17.9. The lowest BCUT2D eigenvalue weighted by molar-refractivity contribution is -0.134. The van der Waals surface area contributed by atoms with Crippen molar-refractivity contribution in [3.63, 3.8) is 0 Å². The normalized spacial score (nSPS) is 20.3. The third-order valence-electron chi connectivity index (χ3n) is 7.15. The van der Waals surface area contributed by atoms with E-state index in [4.69, 9.17) is 10.1 Å². The highest BCUT2D eigenvalue weighted by Crippen LogP contribution is 2.49. The molecule has 1 aromatic carbocycles. The molecule has 0 N–H and O–H groups in total. The Bertz CT molecular complexity index is 1090. The number of carbonyl (C=O) groups is 1. The van der Waals surface area contributed by atoms with Gasteiger partial charge in [0, 0.05) is 44.1 Å². The molecule has 6 nitrogen and oxygen atoms in total. The molecule has 6 rings (SSSR count). The van der Waals surface area contributed by atoms with Crippen LogP contribution in [0.15, 0.2) is 42.7 Å². The zero-order valence-corrected chi connectivity index (χ0v) is 17.3. The fourth-order valence-corrected chi connectivity index (χ4v) is 5.31. The van der Waals surface area contributed by atoms with Crippen LogP contribution in [0.2, 0.25) is 0 Å². The van der Waals surface area contributed by atoms with Gasteiger partial charge in [-0.2, -0.15) is 5.10 Å². The van der Waals surface area contributed by atoms with Gasteiger partial charge in [0.2, 0.25) is 5.91 Å². The van der Waals surface area contributed by atoms with Gasteiger partial charge in [0.25, 0.3) is 0 Å². The fraction of sp³-hybridized carbons (Fsp3) is 0.458. The van der Waals surface area contributed by atoms with Gasteiger partial charge in [0.05, 0.1) is 11.1 Å². The Balaban J connectivity index is 1.23. The lowest BCUT2D eigenvalue weighted by Gasteiger charge is -2.37. The number of fused-ring (bicyclic) bond motifs is 3. The molecule has 154 valence electrons. The summed E-state index contributed by atoms with van der Waals surface area (Å²) in [6.07, 6.45) is 10.4. The van der Waals surface area contributed by atoms with E-state index in [1.54, 1.807) is 0 Å². The predicted molar refractivity (Wildman–Crippen MR) is 116 cm³/mol. The third-order valence-corrected chi connectivity index (χ3v) is 7.15. The van der Waals surface area contributed by atoms with Crippen molar-refractivity contribution in [3.8, 4) is 0 Å². The van der Waals surface area contributed by atoms with Gasteiger partial charge < -0.3 is 9.80 Å². The molecule has 1 amide bonds. The summed E-state index contributed by atoms with van der Waals surface area (Å²) in [4.78, 5) is 22.5. The molecule has 6 heteroatoms. The fourth-order valence-electron chi connectivity index (χ4n) is 5.31. The first-order chi connectivity index (χ1) is 14.8. The van der Waals surface area contributed by atoms with Crippen LogP contribution in [0, 0.1) is 0 Å². The lowest BCUT2D eigenvalue weighted by atomic mass is 9.94. The highest BCUT2D eigenvalue weighted by Gasteiger charge is 2.53. The maximum Gasteiger partial charge on any atom is 0.233 e. The number of piperazine rings is 1. The summed E-state index contributed by atoms with van der Waals surface area (Å²) in [6, 6.07) is 10.3. The van der Waals surface area contributed by atoms with Crippen LogP contribution in [0.5, 0.6) is 0 Å². The van der Waals surface area contributed by atoms with Crippen molar-refractivity contribution >= 4 is 17.2 Å². The zero-order valence-electron chi connectivity index (χ0n) is 17.3. The van der Waals surface area contributed by atoms with Crippen molar-refractivity contribution in [1.82, 2.24) is 19.5 Å². The van der Waals surface area contributed by atoms with Crippen LogP contribution in [-0.2, 0) is 23.1 Å². The van der Waals surface area contributed by atoms with Crippen LogP contribution in [0.1, 0.15) is 42.5 Å². The Labute approximate surface area is 176 Å². The smallest absolute Gasteiger partial charge is 0.233 e. The number of aromatic nitrogens is 3. The second kappa shape index (κ2) is 6.83. The molecule has 0 unspecified atom stereocenters. The number of carbonyl (C=O) groups excluding carboxylic acids is 1. The Hall–Kier alpha value is -2.89. The van der Waals surface area contributed by atoms with Crippen molar-refractivity contribution < 1.29 is 4.79 Å². The maximum absolute atomic E-state index is 13.4. The summed E-state index contributed by atoms with van der Waals surface area (Å²) in [5.41, 5.74) is 4.70. The van der Waals surface area contributed by atoms with E-state index in [0.717, 1.165) is 57.7 Å². The highest BCUT2D eigenvalue weighted by molar-refractivity contribution is 5.91. The van der Waals surface area contributed by atoms with Crippen LogP contribution in [0.25, 0.3) is 5.52 Å². The third kappa shape index (κ3) is 2.73. The molecule has 0 spiro atoms. The minimum absolute atomic E-state index is 0.272. The minimum Gasteiger partial charge on any atom is -0.351 e. The molecule has 3 heterocycles. The topological polar surface area (TPSA) is 53.7 Å². The summed E-state index contributed by atoms with van der Waals surface area (Å²) >= 11 is 0. The SMILES string of the molecule is O=C(N1CCN(c2nccn3nc4c(c23)CCCC4)CC1)C1(c2ccccc2)CC1. The molecule has 1 aliphatic heterocycles. The molecular weight excluding hydrogens is 374 g/mol. The van der Waals surface area contributed by atoms with Gasteiger partial charge in [-0.05, 0) is 44.1 Å². The highest BCUT2D eigenvalue weighted by atomic mass is 16.2. The number of benzene rings is 1. The van der Waals surface area contributed by atoms with E-state index in [9.17, 15) is 4.79 Å². The van der Waals surface area contributed by atoms with Crippen LogP contribution in [0.4, 0.5) is 5.82 Å². The second-order valence-corrected chi connectivity index (χ2v) is 8.90. The molecular formula is C24H27N5O. The Morgan fingerprint density at radius 3 is 2.50 bits per heavy atom. The summed E-state index contributed by atoms with van der Waals surface area (Å²) in [5.74, 6) is 1.34. The molecule has 2 aliphatic carbocycles. The minimum atomic E-state index is -0.272. The molecule has 0 atom stereocenters. The Morgan fingerprint density at radius 1 is 0.967 bits per heavy atom. The molecule has 2 aromatic heterocycles. The number of hydrogen-bond donors (Lipinski definition) is 0. The zero-order chi connectivity index (χ0) is 20.1. The van der Waals surface area contributed by atoms with Crippen LogP contribution in [-0.4, -0.2) is 51.6 Å². The molecule has 3 aromatic rings. The van der Waals surface area contributed by atoms with Crippen molar-refractivity contribution in [2.45, 2.75) is 43.9 Å². The number of aryl methyl sites for hydroxylation is 2. The lowest BCUT2D eigenvalue weighted by Crippen LogP contribution is -2.52. The van der Waals surface area contributed by atoms with Gasteiger partial charge in [0.15, 0.2) is 5.82 Å². The average molecular weight is 402 g/mol. The Kier molecular flexibility index (Phi) is 4.08. The number of hydrogen-bond acceptors (Lipinski definition) is 4. The van der Waals surface area contributed by atoms with E-state index in [2.05, 4.69) is 21.9 Å². The van der Waals surface area contributed by atoms with Gasteiger partial charge in [-0.3, -0.25) is 4.79 Å². The molecule has 30 heavy (non-hydrogen) atoms. The molecule has 1 saturated carbocycles. The first-order valence-corrected chi connectivity index (χ1v) is 11.2. The molecule has 0 bridgehead atoms. The summed E-state index contributed by atoms with van der Waals surface area (Å²) in [6.45, 7) is 3.16. The second-order valence-electron chi connectivity index (χ2n) is 8.90. The van der Waals surface area contributed by atoms with Crippen molar-refractivity contribution in [2.75, 3.05) is 31.1 Å². The Morgan fingerprint density at radius 2 is 1.73 bits per heavy atom. The van der Waals surface area contributed by atoms with Crippen LogP contribution >= 0.6 is 0 Å². The first-order valence-electron chi connectivity index (χ1n) is 11.2. The largest absolute Gasteiger partial charge is 0.351 e. The standard InChI is InChI=1S/C24H27N5O/c30-23(24(10-11-24)18-6-2-1-3-7-18)28-16-14-27(15-17-28)22-21-19-8-4-5-9-20(19)26-29(21)13-12-25-22/h1-3,6-7,12-13H,4-5,8-11,14-17H2. The number of amides is 1. The van der Waals surface area contributed by atoms with Crippen LogP contribution < -0.4 is 4.90 Å². The van der Waals surface area contributed by atoms with E-state index in [0.29, 0.717) is 5.91 Å². The quantitative estimate of drug-likeness (QED) is 0.677.